The Labute approximate surface area is 108 Å². The number of hydrogen-bond donors (Lipinski definition) is 0. The van der Waals surface area contributed by atoms with Crippen molar-refractivity contribution < 1.29 is 9.53 Å². The summed E-state index contributed by atoms with van der Waals surface area (Å²) in [7, 11) is 0. The van der Waals surface area contributed by atoms with Gasteiger partial charge in [-0.2, -0.15) is 0 Å². The normalized spacial score (nSPS) is 9.82. The second kappa shape index (κ2) is 8.90. The van der Waals surface area contributed by atoms with E-state index in [0.29, 0.717) is 6.61 Å². The van der Waals surface area contributed by atoms with Gasteiger partial charge in [0.15, 0.2) is 5.69 Å². The first-order valence-corrected chi connectivity index (χ1v) is 5.43. The summed E-state index contributed by atoms with van der Waals surface area (Å²) in [5.74, 6) is -0.416. The topological polar surface area (TPSA) is 55.3 Å². The standard InChI is InChI=1S/C11H17N3O2.ClH/c1-3-14(4-2)7-8-16-11(15)10-9-12-5-6-13-10;/h5-6,9H,3-4,7-8H2,1-2H3;1H. The van der Waals surface area contributed by atoms with E-state index in [1.54, 1.807) is 0 Å². The fourth-order valence-corrected chi connectivity index (χ4v) is 1.29. The number of ether oxygens (including phenoxy) is 1. The Kier molecular flexibility index (Phi) is 8.27. The molecule has 0 amide bonds. The second-order valence-electron chi connectivity index (χ2n) is 3.25. The molecule has 0 aliphatic carbocycles. The molecule has 1 rings (SSSR count). The van der Waals surface area contributed by atoms with Gasteiger partial charge in [0.2, 0.25) is 0 Å². The Balaban J connectivity index is 0.00000256. The molecule has 0 bridgehead atoms. The molecule has 0 aliphatic heterocycles. The molecule has 0 saturated carbocycles. The van der Waals surface area contributed by atoms with E-state index in [-0.39, 0.29) is 18.1 Å². The van der Waals surface area contributed by atoms with Crippen molar-refractivity contribution in [2.45, 2.75) is 13.8 Å². The summed E-state index contributed by atoms with van der Waals surface area (Å²) < 4.78 is 5.08. The molecule has 1 aromatic rings. The number of carbonyl (C=O) groups is 1. The van der Waals surface area contributed by atoms with Crippen molar-refractivity contribution >= 4 is 18.4 Å². The molecule has 6 heteroatoms. The van der Waals surface area contributed by atoms with E-state index in [2.05, 4.69) is 28.7 Å². The van der Waals surface area contributed by atoms with E-state index in [0.717, 1.165) is 19.6 Å². The van der Waals surface area contributed by atoms with Gasteiger partial charge in [-0.1, -0.05) is 13.8 Å². The van der Waals surface area contributed by atoms with E-state index < -0.39 is 5.97 Å². The van der Waals surface area contributed by atoms with Gasteiger partial charge in [-0.05, 0) is 13.1 Å². The zero-order valence-corrected chi connectivity index (χ0v) is 10.9. The molecule has 0 saturated heterocycles. The molecule has 0 radical (unpaired) electrons. The second-order valence-corrected chi connectivity index (χ2v) is 3.25. The van der Waals surface area contributed by atoms with Crippen LogP contribution in [0.3, 0.4) is 0 Å². The zero-order valence-electron chi connectivity index (χ0n) is 10.1. The van der Waals surface area contributed by atoms with Crippen LogP contribution in [0.2, 0.25) is 0 Å². The number of hydrogen-bond acceptors (Lipinski definition) is 5. The average molecular weight is 260 g/mol. The first-order valence-electron chi connectivity index (χ1n) is 5.43. The third kappa shape index (κ3) is 5.60. The van der Waals surface area contributed by atoms with Crippen molar-refractivity contribution in [2.24, 2.45) is 0 Å². The highest BCUT2D eigenvalue weighted by atomic mass is 35.5. The summed E-state index contributed by atoms with van der Waals surface area (Å²) in [6.07, 6.45) is 4.40. The summed E-state index contributed by atoms with van der Waals surface area (Å²) in [6.45, 7) is 7.20. The van der Waals surface area contributed by atoms with E-state index in [1.165, 1.54) is 18.6 Å². The molecule has 0 aliphatic rings. The third-order valence-corrected chi connectivity index (χ3v) is 2.31. The molecule has 0 N–H and O–H groups in total. The zero-order chi connectivity index (χ0) is 11.8. The molecule has 0 unspecified atom stereocenters. The SMILES string of the molecule is CCN(CC)CCOC(=O)c1cnccn1.Cl. The van der Waals surface area contributed by atoms with Crippen LogP contribution in [-0.2, 0) is 4.74 Å². The summed E-state index contributed by atoms with van der Waals surface area (Å²) in [4.78, 5) is 21.3. The van der Waals surface area contributed by atoms with Crippen LogP contribution in [0.15, 0.2) is 18.6 Å². The molecule has 5 nitrogen and oxygen atoms in total. The van der Waals surface area contributed by atoms with Crippen molar-refractivity contribution in [3.8, 4) is 0 Å². The van der Waals surface area contributed by atoms with Crippen LogP contribution < -0.4 is 0 Å². The molecule has 1 heterocycles. The summed E-state index contributed by atoms with van der Waals surface area (Å²) in [5, 5.41) is 0. The lowest BCUT2D eigenvalue weighted by atomic mass is 10.4. The smallest absolute Gasteiger partial charge is 0.358 e. The average Bonchev–Trinajstić information content (AvgIpc) is 2.35. The van der Waals surface area contributed by atoms with E-state index in [9.17, 15) is 4.79 Å². The predicted molar refractivity (Wildman–Crippen MR) is 67.4 cm³/mol. The highest BCUT2D eigenvalue weighted by Crippen LogP contribution is 1.95. The number of carbonyl (C=O) groups excluding carboxylic acids is 1. The lowest BCUT2D eigenvalue weighted by Gasteiger charge is -2.17. The van der Waals surface area contributed by atoms with Crippen LogP contribution in [0.25, 0.3) is 0 Å². The van der Waals surface area contributed by atoms with Crippen molar-refractivity contribution in [3.63, 3.8) is 0 Å². The molecular weight excluding hydrogens is 242 g/mol. The van der Waals surface area contributed by atoms with Gasteiger partial charge in [-0.3, -0.25) is 4.98 Å². The van der Waals surface area contributed by atoms with E-state index in [1.807, 2.05) is 0 Å². The molecule has 96 valence electrons. The Bertz CT molecular complexity index is 318. The van der Waals surface area contributed by atoms with Crippen LogP contribution in [-0.4, -0.2) is 47.1 Å². The fraction of sp³-hybridized carbons (Fsp3) is 0.545. The number of aromatic nitrogens is 2. The Morgan fingerprint density at radius 2 is 2.06 bits per heavy atom. The van der Waals surface area contributed by atoms with Crippen LogP contribution in [0, 0.1) is 0 Å². The quantitative estimate of drug-likeness (QED) is 0.723. The van der Waals surface area contributed by atoms with Crippen molar-refractivity contribution in [1.82, 2.24) is 14.9 Å². The van der Waals surface area contributed by atoms with Gasteiger partial charge in [-0.25, -0.2) is 9.78 Å². The van der Waals surface area contributed by atoms with Crippen LogP contribution in [0.1, 0.15) is 24.3 Å². The minimum Gasteiger partial charge on any atom is -0.460 e. The van der Waals surface area contributed by atoms with Crippen molar-refractivity contribution in [3.05, 3.63) is 24.3 Å². The van der Waals surface area contributed by atoms with Crippen LogP contribution in [0.4, 0.5) is 0 Å². The highest BCUT2D eigenvalue weighted by molar-refractivity contribution is 5.86. The third-order valence-electron chi connectivity index (χ3n) is 2.31. The number of likely N-dealkylation sites (N-methyl/N-ethyl adjacent to an activating group) is 1. The summed E-state index contributed by atoms with van der Waals surface area (Å²) in [5.41, 5.74) is 0.252. The molecule has 0 spiro atoms. The highest BCUT2D eigenvalue weighted by Gasteiger charge is 2.08. The fourth-order valence-electron chi connectivity index (χ4n) is 1.29. The minimum atomic E-state index is -0.416. The van der Waals surface area contributed by atoms with E-state index >= 15 is 0 Å². The van der Waals surface area contributed by atoms with Crippen LogP contribution >= 0.6 is 12.4 Å². The molecular formula is C11H18ClN3O2. The number of halogens is 1. The number of rotatable bonds is 6. The maximum Gasteiger partial charge on any atom is 0.358 e. The first kappa shape index (κ1) is 15.8. The number of nitrogens with zero attached hydrogens (tertiary/aromatic N) is 3. The van der Waals surface area contributed by atoms with Crippen molar-refractivity contribution in [2.75, 3.05) is 26.2 Å². The molecule has 0 fully saturated rings. The number of esters is 1. The lowest BCUT2D eigenvalue weighted by Crippen LogP contribution is -2.28. The van der Waals surface area contributed by atoms with Gasteiger partial charge in [0.05, 0.1) is 6.20 Å². The van der Waals surface area contributed by atoms with Gasteiger partial charge in [-0.15, -0.1) is 12.4 Å². The summed E-state index contributed by atoms with van der Waals surface area (Å²) >= 11 is 0. The Hall–Kier alpha value is -1.20. The maximum atomic E-state index is 11.5. The van der Waals surface area contributed by atoms with E-state index in [4.69, 9.17) is 4.74 Å². The molecule has 0 atom stereocenters. The largest absolute Gasteiger partial charge is 0.460 e. The molecule has 1 aromatic heterocycles. The predicted octanol–water partition coefficient (Wildman–Crippen LogP) is 1.40. The Morgan fingerprint density at radius 3 is 2.59 bits per heavy atom. The molecule has 0 aromatic carbocycles. The van der Waals surface area contributed by atoms with Gasteiger partial charge >= 0.3 is 5.97 Å². The summed E-state index contributed by atoms with van der Waals surface area (Å²) in [6, 6.07) is 0. The Morgan fingerprint density at radius 1 is 1.35 bits per heavy atom. The molecule has 17 heavy (non-hydrogen) atoms. The van der Waals surface area contributed by atoms with Gasteiger partial charge in [0, 0.05) is 18.9 Å². The minimum absolute atomic E-state index is 0. The van der Waals surface area contributed by atoms with Gasteiger partial charge in [0.1, 0.15) is 6.61 Å². The van der Waals surface area contributed by atoms with Crippen LogP contribution in [0.5, 0.6) is 0 Å². The maximum absolute atomic E-state index is 11.5. The lowest BCUT2D eigenvalue weighted by molar-refractivity contribution is 0.0459. The van der Waals surface area contributed by atoms with Gasteiger partial charge in [0.25, 0.3) is 0 Å². The van der Waals surface area contributed by atoms with Crippen molar-refractivity contribution in [1.29, 1.82) is 0 Å². The first-order chi connectivity index (χ1) is 7.77. The monoisotopic (exact) mass is 259 g/mol. The van der Waals surface area contributed by atoms with Gasteiger partial charge < -0.3 is 9.64 Å².